The van der Waals surface area contributed by atoms with Crippen LogP contribution < -0.4 is 15.4 Å². The Labute approximate surface area is 189 Å². The standard InChI is InChI=1S/C22H27FN4O4S/c1-22(2,3)12-18(28)25-16-7-6-14(11-15(16)23)19(29)26-21-27(9-10-32-21)13-31-20(30)17-5-4-8-24-17/h6-7,9-11,17,24H,4-5,8,12-13H2,1-3H3,(H,25,28)/b26-21-/t17-/m0/s1. The Balaban J connectivity index is 1.66. The highest BCUT2D eigenvalue weighted by atomic mass is 32.1. The normalized spacial score (nSPS) is 16.8. The average Bonchev–Trinajstić information content (AvgIpc) is 3.38. The van der Waals surface area contributed by atoms with E-state index in [0.29, 0.717) is 4.80 Å². The van der Waals surface area contributed by atoms with Gasteiger partial charge < -0.3 is 15.4 Å². The second kappa shape index (κ2) is 10.2. The van der Waals surface area contributed by atoms with E-state index in [9.17, 15) is 18.8 Å². The number of hydrogen-bond donors (Lipinski definition) is 2. The molecule has 1 fully saturated rings. The van der Waals surface area contributed by atoms with E-state index in [4.69, 9.17) is 4.74 Å². The smallest absolute Gasteiger partial charge is 0.324 e. The molecule has 0 spiro atoms. The first-order valence-corrected chi connectivity index (χ1v) is 11.2. The number of thiazole rings is 1. The number of esters is 1. The minimum Gasteiger partial charge on any atom is -0.443 e. The second-order valence-corrected chi connectivity index (χ2v) is 9.67. The molecule has 8 nitrogen and oxygen atoms in total. The van der Waals surface area contributed by atoms with Gasteiger partial charge in [0.25, 0.3) is 5.91 Å². The summed E-state index contributed by atoms with van der Waals surface area (Å²) < 4.78 is 21.3. The largest absolute Gasteiger partial charge is 0.443 e. The zero-order valence-electron chi connectivity index (χ0n) is 18.3. The fourth-order valence-corrected chi connectivity index (χ4v) is 3.90. The summed E-state index contributed by atoms with van der Waals surface area (Å²) in [5, 5.41) is 7.30. The van der Waals surface area contributed by atoms with Crippen LogP contribution in [0.4, 0.5) is 10.1 Å². The van der Waals surface area contributed by atoms with Gasteiger partial charge in [-0.25, -0.2) is 4.39 Å². The summed E-state index contributed by atoms with van der Waals surface area (Å²) in [5.74, 6) is -2.01. The van der Waals surface area contributed by atoms with Crippen LogP contribution in [0, 0.1) is 11.2 Å². The van der Waals surface area contributed by atoms with E-state index in [-0.39, 0.29) is 47.7 Å². The van der Waals surface area contributed by atoms with Gasteiger partial charge in [-0.2, -0.15) is 4.99 Å². The molecule has 0 saturated carbocycles. The van der Waals surface area contributed by atoms with Gasteiger partial charge in [0.2, 0.25) is 5.91 Å². The van der Waals surface area contributed by atoms with Crippen molar-refractivity contribution < 1.29 is 23.5 Å². The Morgan fingerprint density at radius 2 is 2.12 bits per heavy atom. The molecule has 1 atom stereocenters. The van der Waals surface area contributed by atoms with Gasteiger partial charge in [-0.05, 0) is 43.0 Å². The summed E-state index contributed by atoms with van der Waals surface area (Å²) in [4.78, 5) is 41.0. The number of amides is 2. The number of carbonyl (C=O) groups is 3. The van der Waals surface area contributed by atoms with E-state index in [2.05, 4.69) is 15.6 Å². The first-order chi connectivity index (χ1) is 15.1. The van der Waals surface area contributed by atoms with Crippen LogP contribution in [-0.2, 0) is 21.1 Å². The fourth-order valence-electron chi connectivity index (χ4n) is 3.18. The van der Waals surface area contributed by atoms with E-state index in [1.165, 1.54) is 28.0 Å². The molecular weight excluding hydrogens is 435 g/mol. The molecule has 0 radical (unpaired) electrons. The lowest BCUT2D eigenvalue weighted by molar-refractivity contribution is -0.149. The molecule has 1 aromatic heterocycles. The molecule has 172 valence electrons. The lowest BCUT2D eigenvalue weighted by Crippen LogP contribution is -2.33. The molecule has 2 heterocycles. The Morgan fingerprint density at radius 3 is 2.78 bits per heavy atom. The van der Waals surface area contributed by atoms with Crippen molar-refractivity contribution in [2.24, 2.45) is 10.4 Å². The third-order valence-electron chi connectivity index (χ3n) is 4.73. The Morgan fingerprint density at radius 1 is 1.34 bits per heavy atom. The topological polar surface area (TPSA) is 102 Å². The van der Waals surface area contributed by atoms with Gasteiger partial charge in [0.15, 0.2) is 11.5 Å². The van der Waals surface area contributed by atoms with Crippen LogP contribution in [0.2, 0.25) is 0 Å². The Hall–Kier alpha value is -2.85. The van der Waals surface area contributed by atoms with Gasteiger partial charge >= 0.3 is 5.97 Å². The second-order valence-electron chi connectivity index (χ2n) is 8.79. The van der Waals surface area contributed by atoms with Gasteiger partial charge in [-0.3, -0.25) is 19.0 Å². The van der Waals surface area contributed by atoms with Crippen molar-refractivity contribution in [2.75, 3.05) is 11.9 Å². The molecule has 1 aliphatic heterocycles. The van der Waals surface area contributed by atoms with Crippen molar-refractivity contribution >= 4 is 34.8 Å². The number of halogens is 1. The first kappa shape index (κ1) is 23.8. The number of ether oxygens (including phenoxy) is 1. The minimum absolute atomic E-state index is 0.00872. The van der Waals surface area contributed by atoms with Gasteiger partial charge in [-0.1, -0.05) is 20.8 Å². The van der Waals surface area contributed by atoms with Crippen LogP contribution in [0.3, 0.4) is 0 Å². The van der Waals surface area contributed by atoms with Crippen molar-refractivity contribution in [1.82, 2.24) is 9.88 Å². The van der Waals surface area contributed by atoms with Gasteiger partial charge in [0.1, 0.15) is 11.9 Å². The molecule has 0 bridgehead atoms. The van der Waals surface area contributed by atoms with Crippen molar-refractivity contribution in [3.8, 4) is 0 Å². The SMILES string of the molecule is CC(C)(C)CC(=O)Nc1ccc(C(=O)/N=c2\sccn2COC(=O)[C@@H]2CCCN2)cc1F. The van der Waals surface area contributed by atoms with E-state index in [1.54, 1.807) is 11.6 Å². The van der Waals surface area contributed by atoms with Crippen LogP contribution in [0.15, 0.2) is 34.8 Å². The van der Waals surface area contributed by atoms with E-state index in [0.717, 1.165) is 25.5 Å². The summed E-state index contributed by atoms with van der Waals surface area (Å²) in [6, 6.07) is 3.49. The van der Waals surface area contributed by atoms with Crippen molar-refractivity contribution in [3.63, 3.8) is 0 Å². The lowest BCUT2D eigenvalue weighted by Gasteiger charge is -2.17. The fraction of sp³-hybridized carbons (Fsp3) is 0.455. The number of nitrogens with one attached hydrogen (secondary N) is 2. The molecule has 0 aliphatic carbocycles. The van der Waals surface area contributed by atoms with E-state index in [1.807, 2.05) is 20.8 Å². The molecule has 1 aromatic carbocycles. The van der Waals surface area contributed by atoms with Gasteiger partial charge in [-0.15, -0.1) is 11.3 Å². The maximum Gasteiger partial charge on any atom is 0.324 e. The zero-order chi connectivity index (χ0) is 23.3. The van der Waals surface area contributed by atoms with E-state index < -0.39 is 11.7 Å². The van der Waals surface area contributed by atoms with Crippen LogP contribution in [0.5, 0.6) is 0 Å². The summed E-state index contributed by atoms with van der Waals surface area (Å²) in [5.41, 5.74) is -0.175. The molecular formula is C22H27FN4O4S. The Bertz CT molecular complexity index is 1060. The van der Waals surface area contributed by atoms with Crippen LogP contribution in [0.25, 0.3) is 0 Å². The molecule has 2 amide bonds. The van der Waals surface area contributed by atoms with Gasteiger partial charge in [0.05, 0.1) is 5.69 Å². The third kappa shape index (κ3) is 6.57. The third-order valence-corrected chi connectivity index (χ3v) is 5.52. The molecule has 10 heteroatoms. The van der Waals surface area contributed by atoms with Gasteiger partial charge in [0, 0.05) is 23.6 Å². The highest BCUT2D eigenvalue weighted by Crippen LogP contribution is 2.21. The molecule has 1 aliphatic rings. The highest BCUT2D eigenvalue weighted by Gasteiger charge is 2.23. The van der Waals surface area contributed by atoms with Crippen LogP contribution in [0.1, 0.15) is 50.4 Å². The maximum atomic E-state index is 14.4. The summed E-state index contributed by atoms with van der Waals surface area (Å²) in [6.07, 6.45) is 3.56. The van der Waals surface area contributed by atoms with Crippen molar-refractivity contribution in [3.05, 3.63) is 46.0 Å². The van der Waals surface area contributed by atoms with E-state index >= 15 is 0 Å². The number of aromatic nitrogens is 1. The predicted octanol–water partition coefficient (Wildman–Crippen LogP) is 3.06. The minimum atomic E-state index is -0.717. The summed E-state index contributed by atoms with van der Waals surface area (Å²) in [6.45, 7) is 6.46. The number of carbonyl (C=O) groups excluding carboxylic acids is 3. The van der Waals surface area contributed by atoms with Crippen molar-refractivity contribution in [2.45, 2.75) is 52.8 Å². The molecule has 3 rings (SSSR count). The maximum absolute atomic E-state index is 14.4. The number of rotatable bonds is 6. The lowest BCUT2D eigenvalue weighted by atomic mass is 9.92. The number of anilines is 1. The highest BCUT2D eigenvalue weighted by molar-refractivity contribution is 7.07. The molecule has 1 saturated heterocycles. The molecule has 32 heavy (non-hydrogen) atoms. The average molecular weight is 463 g/mol. The number of nitrogens with zero attached hydrogens (tertiary/aromatic N) is 2. The predicted molar refractivity (Wildman–Crippen MR) is 118 cm³/mol. The zero-order valence-corrected chi connectivity index (χ0v) is 19.1. The quantitative estimate of drug-likeness (QED) is 0.643. The summed E-state index contributed by atoms with van der Waals surface area (Å²) >= 11 is 1.20. The summed E-state index contributed by atoms with van der Waals surface area (Å²) in [7, 11) is 0. The van der Waals surface area contributed by atoms with Crippen LogP contribution in [-0.4, -0.2) is 34.9 Å². The van der Waals surface area contributed by atoms with Crippen LogP contribution >= 0.6 is 11.3 Å². The monoisotopic (exact) mass is 462 g/mol. The number of benzene rings is 1. The molecule has 2 aromatic rings. The number of hydrogen-bond acceptors (Lipinski definition) is 6. The first-order valence-electron chi connectivity index (χ1n) is 10.3. The van der Waals surface area contributed by atoms with Crippen molar-refractivity contribution in [1.29, 1.82) is 0 Å². The molecule has 2 N–H and O–H groups in total. The Kier molecular flexibility index (Phi) is 7.57. The molecule has 0 unspecified atom stereocenters.